The molecule has 4 rings (SSSR count). The Hall–Kier alpha value is -1.85. The van der Waals surface area contributed by atoms with Crippen LogP contribution in [-0.4, -0.2) is 48.9 Å². The van der Waals surface area contributed by atoms with E-state index in [1.165, 1.54) is 4.90 Å². The normalized spacial score (nSPS) is 38.7. The number of carbonyl (C=O) groups is 2. The fourth-order valence-corrected chi connectivity index (χ4v) is 4.54. The van der Waals surface area contributed by atoms with Gasteiger partial charge in [0.15, 0.2) is 5.96 Å². The second-order valence-electron chi connectivity index (χ2n) is 8.22. The maximum atomic E-state index is 12.6. The van der Waals surface area contributed by atoms with Crippen LogP contribution in [0.5, 0.6) is 0 Å². The number of guanidine groups is 1. The van der Waals surface area contributed by atoms with E-state index in [-0.39, 0.29) is 35.5 Å². The standard InChI is InChI=1S/C18H26N4O2/c1-18(2)9-12(18)21-17(19-3)20-6-7-22-15(23)13-10-4-5-11(8-10)14(13)16(22)24/h4-5,10-14H,6-9H2,1-3H3,(H2,19,20,21). The van der Waals surface area contributed by atoms with Gasteiger partial charge in [0, 0.05) is 26.2 Å². The summed E-state index contributed by atoms with van der Waals surface area (Å²) in [5.74, 6) is 1.15. The molecule has 6 nitrogen and oxygen atoms in total. The number of imide groups is 1. The first-order chi connectivity index (χ1) is 11.4. The Kier molecular flexibility index (Phi) is 3.48. The Morgan fingerprint density at radius 2 is 1.83 bits per heavy atom. The van der Waals surface area contributed by atoms with Crippen molar-refractivity contribution in [3.05, 3.63) is 12.2 Å². The Morgan fingerprint density at radius 3 is 2.33 bits per heavy atom. The first-order valence-corrected chi connectivity index (χ1v) is 8.93. The highest BCUT2D eigenvalue weighted by Crippen LogP contribution is 2.52. The van der Waals surface area contributed by atoms with Gasteiger partial charge in [0.2, 0.25) is 11.8 Å². The molecule has 3 fully saturated rings. The largest absolute Gasteiger partial charge is 0.355 e. The summed E-state index contributed by atoms with van der Waals surface area (Å²) in [5.41, 5.74) is 0.322. The molecule has 6 heteroatoms. The van der Waals surface area contributed by atoms with E-state index in [0.29, 0.717) is 24.5 Å². The Balaban J connectivity index is 1.31. The highest BCUT2D eigenvalue weighted by Gasteiger charge is 2.59. The van der Waals surface area contributed by atoms with Crippen molar-refractivity contribution >= 4 is 17.8 Å². The third-order valence-electron chi connectivity index (χ3n) is 6.24. The lowest BCUT2D eigenvalue weighted by Gasteiger charge is -2.19. The fraction of sp³-hybridized carbons (Fsp3) is 0.722. The van der Waals surface area contributed by atoms with E-state index < -0.39 is 0 Å². The van der Waals surface area contributed by atoms with E-state index in [1.54, 1.807) is 7.05 Å². The number of nitrogens with one attached hydrogen (secondary N) is 2. The van der Waals surface area contributed by atoms with Crippen LogP contribution in [0.1, 0.15) is 26.7 Å². The number of allylic oxidation sites excluding steroid dienone is 2. The van der Waals surface area contributed by atoms with Crippen LogP contribution in [-0.2, 0) is 9.59 Å². The van der Waals surface area contributed by atoms with Crippen molar-refractivity contribution in [2.45, 2.75) is 32.7 Å². The molecule has 5 unspecified atom stereocenters. The van der Waals surface area contributed by atoms with E-state index in [0.717, 1.165) is 18.8 Å². The molecule has 24 heavy (non-hydrogen) atoms. The van der Waals surface area contributed by atoms with Gasteiger partial charge in [0.05, 0.1) is 11.8 Å². The molecule has 130 valence electrons. The molecule has 0 radical (unpaired) electrons. The summed E-state index contributed by atoms with van der Waals surface area (Å²) in [6.45, 7) is 5.40. The molecule has 0 aromatic carbocycles. The summed E-state index contributed by atoms with van der Waals surface area (Å²) in [6, 6.07) is 0.444. The van der Waals surface area contributed by atoms with Crippen molar-refractivity contribution in [3.63, 3.8) is 0 Å². The maximum absolute atomic E-state index is 12.6. The third kappa shape index (κ3) is 2.34. The van der Waals surface area contributed by atoms with Gasteiger partial charge in [-0.15, -0.1) is 0 Å². The smallest absolute Gasteiger partial charge is 0.233 e. The molecule has 2 saturated carbocycles. The second kappa shape index (κ2) is 5.33. The van der Waals surface area contributed by atoms with Crippen molar-refractivity contribution in [2.75, 3.05) is 20.1 Å². The zero-order chi connectivity index (χ0) is 17.1. The predicted octanol–water partition coefficient (Wildman–Crippen LogP) is 0.757. The molecular weight excluding hydrogens is 304 g/mol. The summed E-state index contributed by atoms with van der Waals surface area (Å²) in [5, 5.41) is 6.61. The van der Waals surface area contributed by atoms with Gasteiger partial charge in [-0.3, -0.25) is 19.5 Å². The number of hydrogen-bond donors (Lipinski definition) is 2. The Labute approximate surface area is 142 Å². The third-order valence-corrected chi connectivity index (χ3v) is 6.24. The van der Waals surface area contributed by atoms with Crippen LogP contribution in [0.2, 0.25) is 0 Å². The zero-order valence-corrected chi connectivity index (χ0v) is 14.6. The lowest BCUT2D eigenvalue weighted by Crippen LogP contribution is -2.44. The molecule has 2 bridgehead atoms. The van der Waals surface area contributed by atoms with E-state index in [4.69, 9.17) is 0 Å². The number of hydrogen-bond acceptors (Lipinski definition) is 3. The quantitative estimate of drug-likeness (QED) is 0.345. The van der Waals surface area contributed by atoms with Crippen molar-refractivity contribution in [1.82, 2.24) is 15.5 Å². The topological polar surface area (TPSA) is 73.8 Å². The highest BCUT2D eigenvalue weighted by atomic mass is 16.2. The maximum Gasteiger partial charge on any atom is 0.233 e. The molecule has 3 aliphatic carbocycles. The Bertz CT molecular complexity index is 609. The minimum Gasteiger partial charge on any atom is -0.355 e. The molecule has 0 aromatic rings. The van der Waals surface area contributed by atoms with Gasteiger partial charge in [0.1, 0.15) is 0 Å². The second-order valence-corrected chi connectivity index (χ2v) is 8.22. The van der Waals surface area contributed by atoms with Crippen LogP contribution < -0.4 is 10.6 Å². The fourth-order valence-electron chi connectivity index (χ4n) is 4.54. The van der Waals surface area contributed by atoms with Gasteiger partial charge in [-0.05, 0) is 30.1 Å². The Morgan fingerprint density at radius 1 is 1.25 bits per heavy atom. The van der Waals surface area contributed by atoms with Crippen molar-refractivity contribution < 1.29 is 9.59 Å². The molecule has 1 aliphatic heterocycles. The average Bonchev–Trinajstić information content (AvgIpc) is 2.95. The molecule has 1 saturated heterocycles. The van der Waals surface area contributed by atoms with Gasteiger partial charge in [-0.25, -0.2) is 0 Å². The van der Waals surface area contributed by atoms with Crippen LogP contribution >= 0.6 is 0 Å². The number of likely N-dealkylation sites (tertiary alicyclic amines) is 1. The highest BCUT2D eigenvalue weighted by molar-refractivity contribution is 6.06. The van der Waals surface area contributed by atoms with Gasteiger partial charge >= 0.3 is 0 Å². The predicted molar refractivity (Wildman–Crippen MR) is 91.1 cm³/mol. The van der Waals surface area contributed by atoms with Crippen LogP contribution in [0.3, 0.4) is 0 Å². The van der Waals surface area contributed by atoms with E-state index in [1.807, 2.05) is 0 Å². The van der Waals surface area contributed by atoms with Crippen LogP contribution in [0, 0.1) is 29.1 Å². The molecule has 1 heterocycles. The van der Waals surface area contributed by atoms with Crippen LogP contribution in [0.15, 0.2) is 17.1 Å². The molecule has 2 N–H and O–H groups in total. The molecular formula is C18H26N4O2. The summed E-state index contributed by atoms with van der Waals surface area (Å²) < 4.78 is 0. The first kappa shape index (κ1) is 15.7. The van der Waals surface area contributed by atoms with Gasteiger partial charge in [-0.2, -0.15) is 0 Å². The SMILES string of the molecule is CN=C(NCCN1C(=O)C2C3C=CC(C3)C2C1=O)NC1CC1(C)C. The summed E-state index contributed by atoms with van der Waals surface area (Å²) >= 11 is 0. The number of nitrogens with zero attached hydrogens (tertiary/aromatic N) is 2. The van der Waals surface area contributed by atoms with Crippen molar-refractivity contribution in [2.24, 2.45) is 34.1 Å². The molecule has 0 aromatic heterocycles. The first-order valence-electron chi connectivity index (χ1n) is 8.93. The van der Waals surface area contributed by atoms with E-state index in [9.17, 15) is 9.59 Å². The minimum atomic E-state index is -0.0998. The number of fused-ring (bicyclic) bond motifs is 5. The minimum absolute atomic E-state index is 0.0231. The van der Waals surface area contributed by atoms with Crippen molar-refractivity contribution in [1.29, 1.82) is 0 Å². The number of carbonyl (C=O) groups excluding carboxylic acids is 2. The zero-order valence-electron chi connectivity index (χ0n) is 14.6. The van der Waals surface area contributed by atoms with Gasteiger partial charge in [-0.1, -0.05) is 26.0 Å². The van der Waals surface area contributed by atoms with E-state index in [2.05, 4.69) is 41.6 Å². The monoisotopic (exact) mass is 330 g/mol. The summed E-state index contributed by atoms with van der Waals surface area (Å²) in [4.78, 5) is 30.9. The molecule has 0 spiro atoms. The molecule has 2 amide bonds. The number of rotatable bonds is 4. The summed E-state index contributed by atoms with van der Waals surface area (Å²) in [6.07, 6.45) is 6.37. The lowest BCUT2D eigenvalue weighted by atomic mass is 9.85. The van der Waals surface area contributed by atoms with Crippen molar-refractivity contribution in [3.8, 4) is 0 Å². The molecule has 4 aliphatic rings. The van der Waals surface area contributed by atoms with Crippen LogP contribution in [0.4, 0.5) is 0 Å². The number of amides is 2. The van der Waals surface area contributed by atoms with Gasteiger partial charge in [0.25, 0.3) is 0 Å². The van der Waals surface area contributed by atoms with Crippen LogP contribution in [0.25, 0.3) is 0 Å². The lowest BCUT2D eigenvalue weighted by molar-refractivity contribution is -0.140. The molecule has 5 atom stereocenters. The van der Waals surface area contributed by atoms with Gasteiger partial charge < -0.3 is 10.6 Å². The number of aliphatic imine (C=N–C) groups is 1. The van der Waals surface area contributed by atoms with E-state index >= 15 is 0 Å². The summed E-state index contributed by atoms with van der Waals surface area (Å²) in [7, 11) is 1.74. The average molecular weight is 330 g/mol.